The Morgan fingerprint density at radius 2 is 2.00 bits per heavy atom. The van der Waals surface area contributed by atoms with Crippen molar-refractivity contribution in [2.45, 2.75) is 27.3 Å². The first kappa shape index (κ1) is 12.6. The molecule has 1 aromatic carbocycles. The van der Waals surface area contributed by atoms with Gasteiger partial charge in [0.25, 0.3) is 0 Å². The summed E-state index contributed by atoms with van der Waals surface area (Å²) in [6, 6.07) is 6.97. The smallest absolute Gasteiger partial charge is 0.227 e. The molecule has 0 aliphatic rings. The SMILES string of the molecule is CN(Cc1cccc(O)c1)C(=O)C(C)(C)C. The molecular formula is C13H19NO2. The number of phenols is 1. The zero-order chi connectivity index (χ0) is 12.3. The maximum atomic E-state index is 11.9. The molecule has 3 heteroatoms. The highest BCUT2D eigenvalue weighted by molar-refractivity contribution is 5.81. The van der Waals surface area contributed by atoms with E-state index in [1.807, 2.05) is 26.8 Å². The lowest BCUT2D eigenvalue weighted by Gasteiger charge is -2.26. The van der Waals surface area contributed by atoms with Crippen LogP contribution in [-0.4, -0.2) is 23.0 Å². The quantitative estimate of drug-likeness (QED) is 0.833. The van der Waals surface area contributed by atoms with Gasteiger partial charge in [-0.25, -0.2) is 0 Å². The summed E-state index contributed by atoms with van der Waals surface area (Å²) >= 11 is 0. The highest BCUT2D eigenvalue weighted by Crippen LogP contribution is 2.19. The molecule has 3 nitrogen and oxygen atoms in total. The topological polar surface area (TPSA) is 40.5 Å². The lowest BCUT2D eigenvalue weighted by Crippen LogP contribution is -2.36. The van der Waals surface area contributed by atoms with Crippen molar-refractivity contribution in [2.24, 2.45) is 5.41 Å². The van der Waals surface area contributed by atoms with Gasteiger partial charge in [0.15, 0.2) is 0 Å². The van der Waals surface area contributed by atoms with Crippen LogP contribution in [0.5, 0.6) is 5.75 Å². The molecule has 0 radical (unpaired) electrons. The van der Waals surface area contributed by atoms with E-state index in [0.717, 1.165) is 5.56 Å². The summed E-state index contributed by atoms with van der Waals surface area (Å²) in [6.45, 7) is 6.21. The van der Waals surface area contributed by atoms with E-state index in [9.17, 15) is 9.90 Å². The number of hydrogen-bond donors (Lipinski definition) is 1. The molecule has 16 heavy (non-hydrogen) atoms. The van der Waals surface area contributed by atoms with E-state index >= 15 is 0 Å². The highest BCUT2D eigenvalue weighted by atomic mass is 16.3. The van der Waals surface area contributed by atoms with Crippen LogP contribution in [0.2, 0.25) is 0 Å². The van der Waals surface area contributed by atoms with Crippen molar-refractivity contribution in [2.75, 3.05) is 7.05 Å². The Hall–Kier alpha value is -1.51. The molecule has 0 atom stereocenters. The number of hydrogen-bond acceptors (Lipinski definition) is 2. The average molecular weight is 221 g/mol. The number of carbonyl (C=O) groups excluding carboxylic acids is 1. The van der Waals surface area contributed by atoms with Crippen LogP contribution < -0.4 is 0 Å². The molecule has 0 heterocycles. The van der Waals surface area contributed by atoms with Crippen molar-refractivity contribution in [3.8, 4) is 5.75 Å². The van der Waals surface area contributed by atoms with E-state index in [-0.39, 0.29) is 17.1 Å². The number of phenolic OH excluding ortho intramolecular Hbond substituents is 1. The molecule has 1 N–H and O–H groups in total. The van der Waals surface area contributed by atoms with Gasteiger partial charge in [-0.2, -0.15) is 0 Å². The molecule has 1 amide bonds. The van der Waals surface area contributed by atoms with Crippen LogP contribution in [0.1, 0.15) is 26.3 Å². The summed E-state index contributed by atoms with van der Waals surface area (Å²) in [7, 11) is 1.78. The maximum Gasteiger partial charge on any atom is 0.227 e. The Morgan fingerprint density at radius 3 is 2.50 bits per heavy atom. The van der Waals surface area contributed by atoms with Gasteiger partial charge in [-0.1, -0.05) is 32.9 Å². The van der Waals surface area contributed by atoms with Crippen molar-refractivity contribution in [1.29, 1.82) is 0 Å². The van der Waals surface area contributed by atoms with Gasteiger partial charge in [0, 0.05) is 19.0 Å². The van der Waals surface area contributed by atoms with Crippen LogP contribution in [-0.2, 0) is 11.3 Å². The monoisotopic (exact) mass is 221 g/mol. The van der Waals surface area contributed by atoms with Gasteiger partial charge in [-0.15, -0.1) is 0 Å². The number of nitrogens with zero attached hydrogens (tertiary/aromatic N) is 1. The molecule has 0 aliphatic heterocycles. The zero-order valence-corrected chi connectivity index (χ0v) is 10.3. The van der Waals surface area contributed by atoms with E-state index in [4.69, 9.17) is 0 Å². The van der Waals surface area contributed by atoms with Crippen molar-refractivity contribution in [1.82, 2.24) is 4.90 Å². The van der Waals surface area contributed by atoms with Crippen LogP contribution in [0, 0.1) is 5.41 Å². The van der Waals surface area contributed by atoms with Crippen LogP contribution in [0.3, 0.4) is 0 Å². The third-order valence-electron chi connectivity index (χ3n) is 2.32. The van der Waals surface area contributed by atoms with E-state index in [2.05, 4.69) is 0 Å². The third kappa shape index (κ3) is 3.26. The Bertz CT molecular complexity index is 380. The van der Waals surface area contributed by atoms with Crippen molar-refractivity contribution < 1.29 is 9.90 Å². The van der Waals surface area contributed by atoms with Gasteiger partial charge in [-0.3, -0.25) is 4.79 Å². The van der Waals surface area contributed by atoms with Crippen LogP contribution in [0.15, 0.2) is 24.3 Å². The van der Waals surface area contributed by atoms with Crippen molar-refractivity contribution in [3.05, 3.63) is 29.8 Å². The Kier molecular flexibility index (Phi) is 3.58. The summed E-state index contributed by atoms with van der Waals surface area (Å²) in [5.41, 5.74) is 0.561. The lowest BCUT2D eigenvalue weighted by atomic mass is 9.95. The van der Waals surface area contributed by atoms with E-state index in [1.165, 1.54) is 0 Å². The average Bonchev–Trinajstić information content (AvgIpc) is 2.15. The number of rotatable bonds is 2. The summed E-state index contributed by atoms with van der Waals surface area (Å²) in [5.74, 6) is 0.324. The van der Waals surface area contributed by atoms with Gasteiger partial charge < -0.3 is 10.0 Å². The van der Waals surface area contributed by atoms with E-state index in [0.29, 0.717) is 6.54 Å². The first-order valence-corrected chi connectivity index (χ1v) is 5.34. The minimum atomic E-state index is -0.369. The standard InChI is InChI=1S/C13H19NO2/c1-13(2,3)12(16)14(4)9-10-6-5-7-11(15)8-10/h5-8,15H,9H2,1-4H3. The molecule has 1 aromatic rings. The molecule has 0 unspecified atom stereocenters. The third-order valence-corrected chi connectivity index (χ3v) is 2.32. The maximum absolute atomic E-state index is 11.9. The highest BCUT2D eigenvalue weighted by Gasteiger charge is 2.24. The minimum Gasteiger partial charge on any atom is -0.508 e. The van der Waals surface area contributed by atoms with Gasteiger partial charge in [0.1, 0.15) is 5.75 Å². The molecular weight excluding hydrogens is 202 g/mol. The summed E-state index contributed by atoms with van der Waals surface area (Å²) in [5, 5.41) is 9.32. The molecule has 0 aliphatic carbocycles. The fourth-order valence-electron chi connectivity index (χ4n) is 1.57. The fraction of sp³-hybridized carbons (Fsp3) is 0.462. The molecule has 0 spiro atoms. The summed E-state index contributed by atoms with van der Waals surface area (Å²) in [6.07, 6.45) is 0. The van der Waals surface area contributed by atoms with Crippen LogP contribution in [0.25, 0.3) is 0 Å². The first-order valence-electron chi connectivity index (χ1n) is 5.34. The number of aromatic hydroxyl groups is 1. The molecule has 0 saturated heterocycles. The molecule has 0 aromatic heterocycles. The van der Waals surface area contributed by atoms with E-state index in [1.54, 1.807) is 30.1 Å². The lowest BCUT2D eigenvalue weighted by molar-refractivity contribution is -0.138. The van der Waals surface area contributed by atoms with Gasteiger partial charge >= 0.3 is 0 Å². The predicted octanol–water partition coefficient (Wildman–Crippen LogP) is 2.40. The number of carbonyl (C=O) groups is 1. The Labute approximate surface area is 96.7 Å². The second kappa shape index (κ2) is 4.56. The number of benzene rings is 1. The second-order valence-corrected chi connectivity index (χ2v) is 5.08. The normalized spacial score (nSPS) is 11.2. The Balaban J connectivity index is 2.72. The molecule has 0 fully saturated rings. The largest absolute Gasteiger partial charge is 0.508 e. The minimum absolute atomic E-state index is 0.0934. The van der Waals surface area contributed by atoms with Gasteiger partial charge in [0.2, 0.25) is 5.91 Å². The zero-order valence-electron chi connectivity index (χ0n) is 10.3. The first-order chi connectivity index (χ1) is 7.30. The second-order valence-electron chi connectivity index (χ2n) is 5.08. The molecule has 1 rings (SSSR count). The van der Waals surface area contributed by atoms with Crippen LogP contribution >= 0.6 is 0 Å². The summed E-state index contributed by atoms with van der Waals surface area (Å²) < 4.78 is 0. The molecule has 0 saturated carbocycles. The van der Waals surface area contributed by atoms with Gasteiger partial charge in [0.05, 0.1) is 0 Å². The van der Waals surface area contributed by atoms with E-state index < -0.39 is 0 Å². The predicted molar refractivity (Wildman–Crippen MR) is 64.0 cm³/mol. The fourth-order valence-corrected chi connectivity index (χ4v) is 1.57. The molecule has 0 bridgehead atoms. The van der Waals surface area contributed by atoms with Crippen molar-refractivity contribution in [3.63, 3.8) is 0 Å². The van der Waals surface area contributed by atoms with Crippen molar-refractivity contribution >= 4 is 5.91 Å². The van der Waals surface area contributed by atoms with Gasteiger partial charge in [-0.05, 0) is 17.7 Å². The number of amides is 1. The summed E-state index contributed by atoms with van der Waals surface area (Å²) in [4.78, 5) is 13.6. The molecule has 88 valence electrons. The Morgan fingerprint density at radius 1 is 1.38 bits per heavy atom. The van der Waals surface area contributed by atoms with Crippen LogP contribution in [0.4, 0.5) is 0 Å².